The fourth-order valence-corrected chi connectivity index (χ4v) is 3.28. The van der Waals surface area contributed by atoms with Crippen LogP contribution >= 0.6 is 0 Å². The van der Waals surface area contributed by atoms with Gasteiger partial charge in [-0.3, -0.25) is 4.79 Å². The average molecular weight is 422 g/mol. The summed E-state index contributed by atoms with van der Waals surface area (Å²) in [6.45, 7) is 4.18. The third-order valence-electron chi connectivity index (χ3n) is 5.11. The predicted molar refractivity (Wildman–Crippen MR) is 123 cm³/mol. The van der Waals surface area contributed by atoms with Crippen LogP contribution in [0.4, 0.5) is 5.69 Å². The number of carbonyl (C=O) groups is 1. The van der Waals surface area contributed by atoms with Crippen LogP contribution < -0.4 is 10.1 Å². The number of nitrogens with one attached hydrogen (secondary N) is 2. The molecule has 0 fully saturated rings. The van der Waals surface area contributed by atoms with Gasteiger partial charge >= 0.3 is 0 Å². The molecule has 158 valence electrons. The van der Waals surface area contributed by atoms with Gasteiger partial charge in [0, 0.05) is 34.3 Å². The second-order valence-electron chi connectivity index (χ2n) is 7.48. The highest BCUT2D eigenvalue weighted by atomic mass is 16.5. The van der Waals surface area contributed by atoms with E-state index >= 15 is 0 Å². The minimum Gasteiger partial charge on any atom is -0.489 e. The van der Waals surface area contributed by atoms with E-state index in [4.69, 9.17) is 4.74 Å². The van der Waals surface area contributed by atoms with Crippen LogP contribution in [0.2, 0.25) is 0 Å². The molecule has 0 aliphatic carbocycles. The van der Waals surface area contributed by atoms with Gasteiger partial charge in [0.15, 0.2) is 0 Å². The number of amides is 1. The van der Waals surface area contributed by atoms with E-state index in [1.807, 2.05) is 50.2 Å². The summed E-state index contributed by atoms with van der Waals surface area (Å²) in [7, 11) is 0. The maximum Gasteiger partial charge on any atom is 0.255 e. The molecule has 6 nitrogen and oxygen atoms in total. The first-order chi connectivity index (χ1) is 15.5. The van der Waals surface area contributed by atoms with E-state index in [1.54, 1.807) is 36.5 Å². The van der Waals surface area contributed by atoms with Gasteiger partial charge in [-0.1, -0.05) is 30.3 Å². The lowest BCUT2D eigenvalue weighted by Crippen LogP contribution is -2.12. The molecule has 0 aliphatic rings. The van der Waals surface area contributed by atoms with Crippen molar-refractivity contribution >= 4 is 11.6 Å². The molecule has 4 rings (SSSR count). The minimum atomic E-state index is -0.206. The molecule has 1 amide bonds. The molecule has 0 aliphatic heterocycles. The van der Waals surface area contributed by atoms with Crippen LogP contribution in [-0.2, 0) is 6.61 Å². The van der Waals surface area contributed by atoms with E-state index in [-0.39, 0.29) is 12.5 Å². The second kappa shape index (κ2) is 9.19. The van der Waals surface area contributed by atoms with Crippen LogP contribution in [-0.4, -0.2) is 15.9 Å². The van der Waals surface area contributed by atoms with Gasteiger partial charge in [0.2, 0.25) is 0 Å². The third-order valence-corrected chi connectivity index (χ3v) is 5.11. The average Bonchev–Trinajstić information content (AvgIpc) is 3.25. The normalized spacial score (nSPS) is 10.4. The Morgan fingerprint density at radius 3 is 2.59 bits per heavy atom. The number of aromatic amines is 1. The molecule has 6 heteroatoms. The van der Waals surface area contributed by atoms with Gasteiger partial charge in [-0.25, -0.2) is 4.98 Å². The van der Waals surface area contributed by atoms with Crippen molar-refractivity contribution in [3.63, 3.8) is 0 Å². The number of aryl methyl sites for hydroxylation is 2. The smallest absolute Gasteiger partial charge is 0.255 e. The second-order valence-corrected chi connectivity index (χ2v) is 7.48. The van der Waals surface area contributed by atoms with Crippen molar-refractivity contribution in [3.05, 3.63) is 101 Å². The number of nitrogens with zero attached hydrogens (tertiary/aromatic N) is 2. The number of hydrogen-bond donors (Lipinski definition) is 2. The Morgan fingerprint density at radius 2 is 1.88 bits per heavy atom. The zero-order valence-corrected chi connectivity index (χ0v) is 17.8. The van der Waals surface area contributed by atoms with Crippen molar-refractivity contribution in [1.29, 1.82) is 5.26 Å². The largest absolute Gasteiger partial charge is 0.489 e. The molecule has 4 aromatic rings. The van der Waals surface area contributed by atoms with Crippen molar-refractivity contribution in [3.8, 4) is 23.2 Å². The van der Waals surface area contributed by atoms with Crippen molar-refractivity contribution in [2.75, 3.05) is 5.32 Å². The Hall–Kier alpha value is -4.37. The maximum absolute atomic E-state index is 12.8. The van der Waals surface area contributed by atoms with Gasteiger partial charge in [0.25, 0.3) is 5.91 Å². The number of hydrogen-bond acceptors (Lipinski definition) is 4. The van der Waals surface area contributed by atoms with Crippen molar-refractivity contribution in [2.45, 2.75) is 20.5 Å². The molecule has 0 saturated heterocycles. The third kappa shape index (κ3) is 4.68. The summed E-state index contributed by atoms with van der Waals surface area (Å²) >= 11 is 0. The molecule has 0 saturated carbocycles. The summed E-state index contributed by atoms with van der Waals surface area (Å²) in [5.41, 5.74) is 5.50. The molecule has 0 radical (unpaired) electrons. The number of rotatable bonds is 6. The fraction of sp³-hybridized carbons (Fsp3) is 0.115. The van der Waals surface area contributed by atoms with E-state index in [0.29, 0.717) is 16.9 Å². The Balaban J connectivity index is 1.44. The van der Waals surface area contributed by atoms with Crippen LogP contribution in [0.15, 0.2) is 72.9 Å². The summed E-state index contributed by atoms with van der Waals surface area (Å²) in [4.78, 5) is 20.3. The summed E-state index contributed by atoms with van der Waals surface area (Å²) in [6, 6.07) is 22.3. The van der Waals surface area contributed by atoms with Crippen LogP contribution in [0.1, 0.15) is 32.7 Å². The number of carbonyl (C=O) groups excluding carboxylic acids is 1. The maximum atomic E-state index is 12.8. The molecule has 0 atom stereocenters. The number of ether oxygens (including phenoxy) is 1. The Kier molecular flexibility index (Phi) is 6.00. The molecule has 1 aromatic heterocycles. The van der Waals surface area contributed by atoms with E-state index in [0.717, 1.165) is 33.9 Å². The van der Waals surface area contributed by atoms with Crippen molar-refractivity contribution in [2.24, 2.45) is 0 Å². The minimum absolute atomic E-state index is 0.206. The van der Waals surface area contributed by atoms with E-state index in [9.17, 15) is 10.1 Å². The van der Waals surface area contributed by atoms with Gasteiger partial charge in [0.05, 0.1) is 11.6 Å². The molecule has 32 heavy (non-hydrogen) atoms. The lowest BCUT2D eigenvalue weighted by molar-refractivity contribution is 0.102. The number of anilines is 1. The van der Waals surface area contributed by atoms with Gasteiger partial charge in [-0.15, -0.1) is 0 Å². The topological polar surface area (TPSA) is 90.8 Å². The monoisotopic (exact) mass is 422 g/mol. The number of benzene rings is 3. The Bertz CT molecular complexity index is 1300. The summed E-state index contributed by atoms with van der Waals surface area (Å²) in [5, 5.41) is 12.2. The zero-order chi connectivity index (χ0) is 22.5. The van der Waals surface area contributed by atoms with E-state index in [1.165, 1.54) is 0 Å². The summed E-state index contributed by atoms with van der Waals surface area (Å²) < 4.78 is 5.78. The molecule has 2 N–H and O–H groups in total. The van der Waals surface area contributed by atoms with Crippen LogP contribution in [0, 0.1) is 25.2 Å². The standard InChI is InChI=1S/C26H22N4O2/c1-17-7-8-20(25-28-15-18(2)29-25)13-24(17)30-26(31)19-9-11-23(12-10-19)32-16-22-6-4-3-5-21(22)14-27/h3-13,15H,16H2,1-2H3,(H,28,29)(H,30,31). The summed E-state index contributed by atoms with van der Waals surface area (Å²) in [6.07, 6.45) is 1.77. The Labute approximate surface area is 186 Å². The van der Waals surface area contributed by atoms with Crippen molar-refractivity contribution in [1.82, 2.24) is 9.97 Å². The number of imidazole rings is 1. The van der Waals surface area contributed by atoms with E-state index < -0.39 is 0 Å². The number of H-pyrrole nitrogens is 1. The predicted octanol–water partition coefficient (Wildman–Crippen LogP) is 5.40. The lowest BCUT2D eigenvalue weighted by Gasteiger charge is -2.11. The first-order valence-corrected chi connectivity index (χ1v) is 10.2. The molecule has 0 spiro atoms. The first-order valence-electron chi connectivity index (χ1n) is 10.2. The highest BCUT2D eigenvalue weighted by molar-refractivity contribution is 6.05. The molecule has 3 aromatic carbocycles. The fourth-order valence-electron chi connectivity index (χ4n) is 3.28. The zero-order valence-electron chi connectivity index (χ0n) is 17.8. The first kappa shape index (κ1) is 20.9. The number of aromatic nitrogens is 2. The van der Waals surface area contributed by atoms with Gasteiger partial charge in [-0.2, -0.15) is 5.26 Å². The Morgan fingerprint density at radius 1 is 1.09 bits per heavy atom. The molecule has 0 unspecified atom stereocenters. The molecule has 1 heterocycles. The van der Waals surface area contributed by atoms with Gasteiger partial charge in [-0.05, 0) is 55.8 Å². The molecular formula is C26H22N4O2. The number of nitriles is 1. The quantitative estimate of drug-likeness (QED) is 0.435. The van der Waals surface area contributed by atoms with Crippen LogP contribution in [0.3, 0.4) is 0 Å². The van der Waals surface area contributed by atoms with Gasteiger partial charge < -0.3 is 15.0 Å². The van der Waals surface area contributed by atoms with Crippen LogP contribution in [0.5, 0.6) is 5.75 Å². The lowest BCUT2D eigenvalue weighted by atomic mass is 10.1. The van der Waals surface area contributed by atoms with E-state index in [2.05, 4.69) is 21.4 Å². The molecular weight excluding hydrogens is 400 g/mol. The van der Waals surface area contributed by atoms with Gasteiger partial charge in [0.1, 0.15) is 18.2 Å². The summed E-state index contributed by atoms with van der Waals surface area (Å²) in [5.74, 6) is 1.18. The highest BCUT2D eigenvalue weighted by Gasteiger charge is 2.11. The van der Waals surface area contributed by atoms with Crippen molar-refractivity contribution < 1.29 is 9.53 Å². The highest BCUT2D eigenvalue weighted by Crippen LogP contribution is 2.24. The van der Waals surface area contributed by atoms with Crippen LogP contribution in [0.25, 0.3) is 11.4 Å². The SMILES string of the molecule is Cc1cnc(-c2ccc(C)c(NC(=O)c3ccc(OCc4ccccc4C#N)cc3)c2)[nH]1. The molecule has 0 bridgehead atoms.